The highest BCUT2D eigenvalue weighted by Crippen LogP contribution is 2.32. The van der Waals surface area contributed by atoms with Crippen LogP contribution in [0.15, 0.2) is 29.9 Å². The van der Waals surface area contributed by atoms with E-state index in [-0.39, 0.29) is 0 Å². The Hall–Kier alpha value is -1.55. The number of nitrogen functional groups attached to an aromatic ring is 1. The van der Waals surface area contributed by atoms with E-state index in [2.05, 4.69) is 16.0 Å². The maximum absolute atomic E-state index is 6.04. The molecule has 3 rings (SSSR count). The molecule has 1 aliphatic rings. The van der Waals surface area contributed by atoms with E-state index in [0.29, 0.717) is 0 Å². The van der Waals surface area contributed by atoms with Gasteiger partial charge in [0.25, 0.3) is 0 Å². The zero-order valence-electron chi connectivity index (χ0n) is 9.60. The summed E-state index contributed by atoms with van der Waals surface area (Å²) in [7, 11) is 0. The first kappa shape index (κ1) is 10.6. The van der Waals surface area contributed by atoms with Crippen LogP contribution in [0.3, 0.4) is 0 Å². The van der Waals surface area contributed by atoms with Crippen LogP contribution in [0, 0.1) is 0 Å². The largest absolute Gasteiger partial charge is 0.398 e. The van der Waals surface area contributed by atoms with Crippen molar-refractivity contribution in [3.8, 4) is 0 Å². The molecule has 0 unspecified atom stereocenters. The van der Waals surface area contributed by atoms with E-state index in [1.54, 1.807) is 11.3 Å². The molecule has 3 nitrogen and oxygen atoms in total. The van der Waals surface area contributed by atoms with Gasteiger partial charge in [0.1, 0.15) is 0 Å². The smallest absolute Gasteiger partial charge is 0.0794 e. The standard InChI is InChI=1S/C13H15N3S/c14-12-4-1-5-13-11(12)3-2-6-16(13)8-10-7-15-9-17-10/h1,4-5,7,9H,2-3,6,8,14H2. The zero-order valence-corrected chi connectivity index (χ0v) is 10.4. The van der Waals surface area contributed by atoms with Gasteiger partial charge in [0.05, 0.1) is 12.1 Å². The summed E-state index contributed by atoms with van der Waals surface area (Å²) in [6.45, 7) is 2.05. The molecule has 0 saturated heterocycles. The number of anilines is 2. The molecule has 0 aliphatic carbocycles. The summed E-state index contributed by atoms with van der Waals surface area (Å²) in [6, 6.07) is 6.21. The van der Waals surface area contributed by atoms with Crippen LogP contribution in [0.25, 0.3) is 0 Å². The van der Waals surface area contributed by atoms with Gasteiger partial charge < -0.3 is 10.6 Å². The Morgan fingerprint density at radius 3 is 3.18 bits per heavy atom. The first-order valence-electron chi connectivity index (χ1n) is 5.84. The van der Waals surface area contributed by atoms with Gasteiger partial charge >= 0.3 is 0 Å². The van der Waals surface area contributed by atoms with Gasteiger partial charge in [0, 0.05) is 29.0 Å². The van der Waals surface area contributed by atoms with Gasteiger partial charge in [-0.05, 0) is 30.5 Å². The lowest BCUT2D eigenvalue weighted by Crippen LogP contribution is -2.28. The van der Waals surface area contributed by atoms with E-state index in [1.165, 1.54) is 22.5 Å². The third kappa shape index (κ3) is 2.00. The van der Waals surface area contributed by atoms with E-state index in [1.807, 2.05) is 23.8 Å². The molecule has 2 aromatic rings. The predicted octanol–water partition coefficient (Wildman–Crippen LogP) is 2.68. The summed E-state index contributed by atoms with van der Waals surface area (Å²) in [5.41, 5.74) is 11.5. The minimum Gasteiger partial charge on any atom is -0.398 e. The van der Waals surface area contributed by atoms with Gasteiger partial charge in [-0.15, -0.1) is 11.3 Å². The highest BCUT2D eigenvalue weighted by atomic mass is 32.1. The Labute approximate surface area is 105 Å². The molecule has 0 radical (unpaired) electrons. The van der Waals surface area contributed by atoms with Crippen LogP contribution in [0.1, 0.15) is 16.9 Å². The van der Waals surface area contributed by atoms with Crippen LogP contribution in [0.2, 0.25) is 0 Å². The summed E-state index contributed by atoms with van der Waals surface area (Å²) < 4.78 is 0. The van der Waals surface area contributed by atoms with Crippen LogP contribution in [-0.2, 0) is 13.0 Å². The van der Waals surface area contributed by atoms with Crippen molar-refractivity contribution in [3.63, 3.8) is 0 Å². The highest BCUT2D eigenvalue weighted by Gasteiger charge is 2.18. The molecule has 0 amide bonds. The normalized spacial score (nSPS) is 14.7. The van der Waals surface area contributed by atoms with Gasteiger partial charge in [0.2, 0.25) is 0 Å². The van der Waals surface area contributed by atoms with Crippen molar-refractivity contribution < 1.29 is 0 Å². The monoisotopic (exact) mass is 245 g/mol. The minimum atomic E-state index is 0.927. The Morgan fingerprint density at radius 1 is 1.41 bits per heavy atom. The molecule has 1 aromatic heterocycles. The lowest BCUT2D eigenvalue weighted by molar-refractivity contribution is 0.696. The van der Waals surface area contributed by atoms with E-state index < -0.39 is 0 Å². The summed E-state index contributed by atoms with van der Waals surface area (Å²) in [5, 5.41) is 0. The molecule has 4 heteroatoms. The molecule has 2 heterocycles. The SMILES string of the molecule is Nc1cccc2c1CCCN2Cc1cncs1. The van der Waals surface area contributed by atoms with E-state index in [0.717, 1.165) is 25.2 Å². The molecule has 2 N–H and O–H groups in total. The number of rotatable bonds is 2. The van der Waals surface area contributed by atoms with E-state index in [4.69, 9.17) is 5.73 Å². The third-order valence-electron chi connectivity index (χ3n) is 3.21. The van der Waals surface area contributed by atoms with Crippen LogP contribution >= 0.6 is 11.3 Å². The number of hydrogen-bond acceptors (Lipinski definition) is 4. The van der Waals surface area contributed by atoms with Crippen LogP contribution in [0.4, 0.5) is 11.4 Å². The lowest BCUT2D eigenvalue weighted by Gasteiger charge is -2.31. The highest BCUT2D eigenvalue weighted by molar-refractivity contribution is 7.09. The van der Waals surface area contributed by atoms with E-state index in [9.17, 15) is 0 Å². The summed E-state index contributed by atoms with van der Waals surface area (Å²) in [6.07, 6.45) is 4.23. The maximum Gasteiger partial charge on any atom is 0.0794 e. The molecule has 1 aromatic carbocycles. The Morgan fingerprint density at radius 2 is 2.35 bits per heavy atom. The number of hydrogen-bond donors (Lipinski definition) is 1. The van der Waals surface area contributed by atoms with Gasteiger partial charge in [-0.3, -0.25) is 4.98 Å². The maximum atomic E-state index is 6.04. The van der Waals surface area contributed by atoms with Gasteiger partial charge in [-0.2, -0.15) is 0 Å². The van der Waals surface area contributed by atoms with Crippen LogP contribution in [-0.4, -0.2) is 11.5 Å². The first-order chi connectivity index (χ1) is 8.34. The average Bonchev–Trinajstić information content (AvgIpc) is 2.83. The minimum absolute atomic E-state index is 0.927. The molecule has 0 atom stereocenters. The quantitative estimate of drug-likeness (QED) is 0.827. The number of nitrogens with two attached hydrogens (primary N) is 1. The van der Waals surface area contributed by atoms with Crippen molar-refractivity contribution in [2.45, 2.75) is 19.4 Å². The second-order valence-corrected chi connectivity index (χ2v) is 5.31. The molecular weight excluding hydrogens is 230 g/mol. The Balaban J connectivity index is 1.92. The average molecular weight is 245 g/mol. The fourth-order valence-corrected chi connectivity index (χ4v) is 3.01. The molecule has 88 valence electrons. The van der Waals surface area contributed by atoms with Crippen molar-refractivity contribution in [2.24, 2.45) is 0 Å². The van der Waals surface area contributed by atoms with Gasteiger partial charge in [-0.25, -0.2) is 0 Å². The molecule has 17 heavy (non-hydrogen) atoms. The number of benzene rings is 1. The molecule has 0 spiro atoms. The molecule has 1 aliphatic heterocycles. The lowest BCUT2D eigenvalue weighted by atomic mass is 10.00. The molecule has 0 fully saturated rings. The number of aromatic nitrogens is 1. The molecule has 0 bridgehead atoms. The van der Waals surface area contributed by atoms with Gasteiger partial charge in [-0.1, -0.05) is 6.07 Å². The first-order valence-corrected chi connectivity index (χ1v) is 6.72. The third-order valence-corrected chi connectivity index (χ3v) is 3.98. The Kier molecular flexibility index (Phi) is 2.73. The predicted molar refractivity (Wildman–Crippen MR) is 72.3 cm³/mol. The molecular formula is C13H15N3S. The number of thiazole rings is 1. The summed E-state index contributed by atoms with van der Waals surface area (Å²) >= 11 is 1.71. The van der Waals surface area contributed by atoms with Crippen LogP contribution in [0.5, 0.6) is 0 Å². The van der Waals surface area contributed by atoms with Crippen molar-refractivity contribution >= 4 is 22.7 Å². The zero-order chi connectivity index (χ0) is 11.7. The van der Waals surface area contributed by atoms with E-state index >= 15 is 0 Å². The number of nitrogens with zero attached hydrogens (tertiary/aromatic N) is 2. The van der Waals surface area contributed by atoms with Crippen molar-refractivity contribution in [2.75, 3.05) is 17.2 Å². The second kappa shape index (κ2) is 4.37. The molecule has 0 saturated carbocycles. The Bertz CT molecular complexity index is 507. The summed E-state index contributed by atoms with van der Waals surface area (Å²) in [5.74, 6) is 0. The summed E-state index contributed by atoms with van der Waals surface area (Å²) in [4.78, 5) is 7.84. The number of fused-ring (bicyclic) bond motifs is 1. The van der Waals surface area contributed by atoms with Crippen molar-refractivity contribution in [1.29, 1.82) is 0 Å². The van der Waals surface area contributed by atoms with Crippen molar-refractivity contribution in [1.82, 2.24) is 4.98 Å². The topological polar surface area (TPSA) is 42.1 Å². The van der Waals surface area contributed by atoms with Crippen molar-refractivity contribution in [3.05, 3.63) is 40.3 Å². The fraction of sp³-hybridized carbons (Fsp3) is 0.308. The fourth-order valence-electron chi connectivity index (χ4n) is 2.40. The van der Waals surface area contributed by atoms with Gasteiger partial charge in [0.15, 0.2) is 0 Å². The second-order valence-electron chi connectivity index (χ2n) is 4.34. The van der Waals surface area contributed by atoms with Crippen LogP contribution < -0.4 is 10.6 Å².